The van der Waals surface area contributed by atoms with Gasteiger partial charge in [0.25, 0.3) is 0 Å². The molecule has 6 nitrogen and oxygen atoms in total. The lowest BCUT2D eigenvalue weighted by Crippen LogP contribution is -2.21. The van der Waals surface area contributed by atoms with Gasteiger partial charge in [-0.1, -0.05) is 0 Å². The van der Waals surface area contributed by atoms with Gasteiger partial charge < -0.3 is 10.3 Å². The van der Waals surface area contributed by atoms with Crippen LogP contribution in [0.3, 0.4) is 0 Å². The van der Waals surface area contributed by atoms with E-state index in [1.807, 2.05) is 6.07 Å². The average Bonchev–Trinajstić information content (AvgIpc) is 2.35. The molecule has 1 aromatic rings. The minimum absolute atomic E-state index is 0.166. The molecule has 0 radical (unpaired) electrons. The predicted octanol–water partition coefficient (Wildman–Crippen LogP) is -0.153. The summed E-state index contributed by atoms with van der Waals surface area (Å²) in [5.41, 5.74) is 7.71. The summed E-state index contributed by atoms with van der Waals surface area (Å²) in [5.74, 6) is 0.0953. The number of nitrogens with zero attached hydrogens (tertiary/aromatic N) is 2. The van der Waals surface area contributed by atoms with Gasteiger partial charge in [-0.25, -0.2) is 13.6 Å². The van der Waals surface area contributed by atoms with Crippen molar-refractivity contribution in [3.8, 4) is 6.07 Å². The quantitative estimate of drug-likeness (QED) is 0.766. The van der Waals surface area contributed by atoms with Crippen LogP contribution >= 0.6 is 0 Å². The Balaban J connectivity index is 3.12. The number of hydrogen-bond acceptors (Lipinski definition) is 4. The lowest BCUT2D eigenvalue weighted by Gasteiger charge is -2.07. The van der Waals surface area contributed by atoms with E-state index >= 15 is 0 Å². The Morgan fingerprint density at radius 1 is 1.44 bits per heavy atom. The highest BCUT2D eigenvalue weighted by atomic mass is 32.2. The highest BCUT2D eigenvalue weighted by Gasteiger charge is 2.15. The third kappa shape index (κ3) is 2.35. The van der Waals surface area contributed by atoms with Crippen molar-refractivity contribution >= 4 is 15.8 Å². The second-order valence-electron chi connectivity index (χ2n) is 3.60. The summed E-state index contributed by atoms with van der Waals surface area (Å²) in [6, 6.07) is 2.00. The summed E-state index contributed by atoms with van der Waals surface area (Å²) in [6.45, 7) is 3.73. The van der Waals surface area contributed by atoms with Crippen molar-refractivity contribution in [2.75, 3.05) is 11.5 Å². The van der Waals surface area contributed by atoms with Crippen LogP contribution in [-0.2, 0) is 16.6 Å². The molecule has 0 aliphatic carbocycles. The van der Waals surface area contributed by atoms with Gasteiger partial charge in [0, 0.05) is 12.2 Å². The lowest BCUT2D eigenvalue weighted by atomic mass is 10.2. The van der Waals surface area contributed by atoms with E-state index in [2.05, 4.69) is 0 Å². The molecule has 0 amide bonds. The normalized spacial score (nSPS) is 11.4. The Morgan fingerprint density at radius 3 is 2.38 bits per heavy atom. The van der Waals surface area contributed by atoms with Crippen molar-refractivity contribution in [2.24, 2.45) is 5.14 Å². The highest BCUT2D eigenvalue weighted by molar-refractivity contribution is 7.89. The van der Waals surface area contributed by atoms with Crippen molar-refractivity contribution in [3.05, 3.63) is 16.8 Å². The van der Waals surface area contributed by atoms with Crippen LogP contribution in [0.1, 0.15) is 16.8 Å². The second kappa shape index (κ2) is 4.15. The Hall–Kier alpha value is -1.52. The van der Waals surface area contributed by atoms with Crippen LogP contribution in [0, 0.1) is 25.2 Å². The zero-order valence-corrected chi connectivity index (χ0v) is 10.0. The van der Waals surface area contributed by atoms with Crippen LogP contribution in [0.2, 0.25) is 0 Å². The van der Waals surface area contributed by atoms with E-state index in [1.54, 1.807) is 18.4 Å². The second-order valence-corrected chi connectivity index (χ2v) is 5.34. The number of primary sulfonamides is 1. The number of hydrogen-bond donors (Lipinski definition) is 2. The van der Waals surface area contributed by atoms with Crippen molar-refractivity contribution < 1.29 is 8.42 Å². The first kappa shape index (κ1) is 12.5. The first-order valence-corrected chi connectivity index (χ1v) is 6.35. The molecule has 0 aliphatic heterocycles. The van der Waals surface area contributed by atoms with Crippen LogP contribution in [-0.4, -0.2) is 18.7 Å². The minimum Gasteiger partial charge on any atom is -0.384 e. The van der Waals surface area contributed by atoms with Gasteiger partial charge in [0.1, 0.15) is 11.9 Å². The topological polar surface area (TPSA) is 115 Å². The number of nitrogen functional groups attached to an aromatic ring is 1. The van der Waals surface area contributed by atoms with Crippen molar-refractivity contribution in [1.82, 2.24) is 4.57 Å². The number of aromatic nitrogens is 1. The Bertz CT molecular complexity index is 551. The number of nitrogens with two attached hydrogens (primary N) is 2. The van der Waals surface area contributed by atoms with Gasteiger partial charge in [-0.2, -0.15) is 5.26 Å². The van der Waals surface area contributed by atoms with Crippen LogP contribution in [0.4, 0.5) is 5.82 Å². The fraction of sp³-hybridized carbons (Fsp3) is 0.444. The molecule has 1 heterocycles. The van der Waals surface area contributed by atoms with Gasteiger partial charge in [-0.3, -0.25) is 0 Å². The molecule has 0 aromatic carbocycles. The van der Waals surface area contributed by atoms with E-state index < -0.39 is 10.0 Å². The van der Waals surface area contributed by atoms with Crippen molar-refractivity contribution in [1.29, 1.82) is 5.26 Å². The van der Waals surface area contributed by atoms with E-state index in [-0.39, 0.29) is 12.3 Å². The van der Waals surface area contributed by atoms with Gasteiger partial charge >= 0.3 is 0 Å². The van der Waals surface area contributed by atoms with E-state index in [1.165, 1.54) is 0 Å². The summed E-state index contributed by atoms with van der Waals surface area (Å²) in [7, 11) is -3.53. The summed E-state index contributed by atoms with van der Waals surface area (Å²) in [5, 5.41) is 13.8. The predicted molar refractivity (Wildman–Crippen MR) is 61.0 cm³/mol. The maximum Gasteiger partial charge on any atom is 0.210 e. The third-order valence-corrected chi connectivity index (χ3v) is 3.33. The molecule has 0 bridgehead atoms. The van der Waals surface area contributed by atoms with E-state index in [9.17, 15) is 8.42 Å². The monoisotopic (exact) mass is 242 g/mol. The molecule has 16 heavy (non-hydrogen) atoms. The SMILES string of the molecule is Cc1c(C#N)c(N)n(CCS(N)(=O)=O)c1C. The Kier molecular flexibility index (Phi) is 3.26. The fourth-order valence-electron chi connectivity index (χ4n) is 1.54. The minimum atomic E-state index is -3.53. The lowest BCUT2D eigenvalue weighted by molar-refractivity contribution is 0.590. The zero-order chi connectivity index (χ0) is 12.5. The zero-order valence-electron chi connectivity index (χ0n) is 9.19. The average molecular weight is 242 g/mol. The van der Waals surface area contributed by atoms with Crippen molar-refractivity contribution in [2.45, 2.75) is 20.4 Å². The summed E-state index contributed by atoms with van der Waals surface area (Å²) in [6.07, 6.45) is 0. The standard InChI is InChI=1S/C9H14N4O2S/c1-6-7(2)13(3-4-16(12,14)15)9(11)8(6)5-10/h3-4,11H2,1-2H3,(H2,12,14,15). The summed E-state index contributed by atoms with van der Waals surface area (Å²) in [4.78, 5) is 0. The largest absolute Gasteiger partial charge is 0.384 e. The summed E-state index contributed by atoms with van der Waals surface area (Å²) >= 11 is 0. The molecule has 88 valence electrons. The molecule has 1 rings (SSSR count). The molecule has 7 heteroatoms. The molecule has 0 saturated heterocycles. The molecule has 0 saturated carbocycles. The molecule has 4 N–H and O–H groups in total. The molecule has 0 aliphatic rings. The number of nitriles is 1. The highest BCUT2D eigenvalue weighted by Crippen LogP contribution is 2.23. The van der Waals surface area contributed by atoms with Gasteiger partial charge in [0.15, 0.2) is 0 Å². The molecule has 1 aromatic heterocycles. The maximum atomic E-state index is 10.8. The van der Waals surface area contributed by atoms with Crippen LogP contribution in [0.5, 0.6) is 0 Å². The molecule has 0 unspecified atom stereocenters. The van der Waals surface area contributed by atoms with E-state index in [0.717, 1.165) is 11.3 Å². The first-order valence-electron chi connectivity index (χ1n) is 4.63. The van der Waals surface area contributed by atoms with Gasteiger partial charge in [-0.05, 0) is 19.4 Å². The molecular formula is C9H14N4O2S. The number of rotatable bonds is 3. The smallest absolute Gasteiger partial charge is 0.210 e. The fourth-order valence-corrected chi connectivity index (χ4v) is 1.98. The van der Waals surface area contributed by atoms with Crippen LogP contribution < -0.4 is 10.9 Å². The van der Waals surface area contributed by atoms with E-state index in [4.69, 9.17) is 16.1 Å². The van der Waals surface area contributed by atoms with Gasteiger partial charge in [0.05, 0.1) is 11.3 Å². The maximum absolute atomic E-state index is 10.8. The van der Waals surface area contributed by atoms with E-state index in [0.29, 0.717) is 11.4 Å². The third-order valence-electron chi connectivity index (χ3n) is 2.58. The van der Waals surface area contributed by atoms with Crippen molar-refractivity contribution in [3.63, 3.8) is 0 Å². The number of sulfonamides is 1. The van der Waals surface area contributed by atoms with Crippen LogP contribution in [0.15, 0.2) is 0 Å². The number of anilines is 1. The molecule has 0 fully saturated rings. The summed E-state index contributed by atoms with van der Waals surface area (Å²) < 4.78 is 23.3. The molecular weight excluding hydrogens is 228 g/mol. The van der Waals surface area contributed by atoms with Gasteiger partial charge in [-0.15, -0.1) is 0 Å². The Labute approximate surface area is 94.5 Å². The van der Waals surface area contributed by atoms with Crippen LogP contribution in [0.25, 0.3) is 0 Å². The molecule has 0 atom stereocenters. The first-order chi connectivity index (χ1) is 7.28. The Morgan fingerprint density at radius 2 is 2.00 bits per heavy atom. The molecule has 0 spiro atoms. The van der Waals surface area contributed by atoms with Gasteiger partial charge in [0.2, 0.25) is 10.0 Å².